The number of carbonyl (C=O) groups is 1. The first-order valence-corrected chi connectivity index (χ1v) is 4.55. The zero-order valence-electron chi connectivity index (χ0n) is 9.06. The lowest BCUT2D eigenvalue weighted by molar-refractivity contribution is 0.111. The summed E-state index contributed by atoms with van der Waals surface area (Å²) in [5.74, 6) is 0. The zero-order valence-corrected chi connectivity index (χ0v) is 9.06. The van der Waals surface area contributed by atoms with Crippen LogP contribution in [-0.4, -0.2) is 28.1 Å². The molecule has 0 saturated carbocycles. The van der Waals surface area contributed by atoms with Gasteiger partial charge in [-0.15, -0.1) is 0 Å². The molecule has 2 heterocycles. The Kier molecular flexibility index (Phi) is 3.57. The zero-order chi connectivity index (χ0) is 11.4. The maximum absolute atomic E-state index is 10.7. The van der Waals surface area contributed by atoms with Crippen LogP contribution in [0, 0.1) is 6.92 Å². The molecule has 2 rings (SSSR count). The smallest absolute Gasteiger partial charge is 0.166 e. The molecule has 0 aliphatic heterocycles. The van der Waals surface area contributed by atoms with Crippen LogP contribution in [0.1, 0.15) is 16.2 Å². The molecular weight excluding hydrogens is 192 g/mol. The minimum absolute atomic E-state index is 0.686. The maximum atomic E-state index is 10.7. The van der Waals surface area contributed by atoms with Gasteiger partial charge in [0.2, 0.25) is 0 Å². The predicted molar refractivity (Wildman–Crippen MR) is 59.0 cm³/mol. The number of rotatable bonds is 1. The molecule has 0 fully saturated rings. The number of carbonyl (C=O) groups excluding carboxylic acids is 1. The molecule has 4 heteroatoms. The maximum Gasteiger partial charge on any atom is 0.166 e. The number of nitrogens with zero attached hydrogens (tertiary/aromatic N) is 2. The number of aldehydes is 1. The van der Waals surface area contributed by atoms with Crippen molar-refractivity contribution >= 4 is 17.2 Å². The van der Waals surface area contributed by atoms with Gasteiger partial charge in [-0.3, -0.25) is 9.78 Å². The van der Waals surface area contributed by atoms with Crippen molar-refractivity contribution in [2.24, 2.45) is 7.05 Å². The lowest BCUT2D eigenvalue weighted by Gasteiger charge is -1.99. The second-order valence-electron chi connectivity index (χ2n) is 3.08. The van der Waals surface area contributed by atoms with Crippen molar-refractivity contribution < 1.29 is 9.90 Å². The summed E-state index contributed by atoms with van der Waals surface area (Å²) < 4.78 is 1.87. The molecule has 1 N–H and O–H groups in total. The van der Waals surface area contributed by atoms with Crippen LogP contribution < -0.4 is 0 Å². The number of fused-ring (bicyclic) bond motifs is 1. The number of hydrogen-bond donors (Lipinski definition) is 1. The second-order valence-corrected chi connectivity index (χ2v) is 3.08. The van der Waals surface area contributed by atoms with Gasteiger partial charge in [-0.05, 0) is 19.1 Å². The molecule has 2 aromatic heterocycles. The van der Waals surface area contributed by atoms with Gasteiger partial charge in [-0.1, -0.05) is 0 Å². The second kappa shape index (κ2) is 4.70. The summed E-state index contributed by atoms with van der Waals surface area (Å²) >= 11 is 0. The highest BCUT2D eigenvalue weighted by Gasteiger charge is 2.06. The summed E-state index contributed by atoms with van der Waals surface area (Å²) in [5, 5.41) is 8.07. The Morgan fingerprint density at radius 1 is 1.47 bits per heavy atom. The normalized spacial score (nSPS) is 9.60. The van der Waals surface area contributed by atoms with E-state index in [-0.39, 0.29) is 0 Å². The third-order valence-corrected chi connectivity index (χ3v) is 2.29. The van der Waals surface area contributed by atoms with Crippen molar-refractivity contribution in [3.63, 3.8) is 0 Å². The van der Waals surface area contributed by atoms with Gasteiger partial charge in [0.15, 0.2) is 6.29 Å². The van der Waals surface area contributed by atoms with E-state index < -0.39 is 0 Å². The number of aliphatic hydroxyl groups excluding tert-OH is 1. The summed E-state index contributed by atoms with van der Waals surface area (Å²) in [5.41, 5.74) is 2.67. The highest BCUT2D eigenvalue weighted by atomic mass is 16.2. The molecule has 0 amide bonds. The first-order valence-electron chi connectivity index (χ1n) is 4.55. The predicted octanol–water partition coefficient (Wildman–Crippen LogP) is 1.30. The third kappa shape index (κ3) is 1.89. The average molecular weight is 206 g/mol. The van der Waals surface area contributed by atoms with E-state index in [2.05, 4.69) is 4.98 Å². The van der Waals surface area contributed by atoms with Gasteiger partial charge < -0.3 is 9.67 Å². The molecule has 0 aliphatic rings. The number of aliphatic hydroxyl groups is 1. The summed E-state index contributed by atoms with van der Waals surface area (Å²) in [6.07, 6.45) is 2.62. The fourth-order valence-corrected chi connectivity index (χ4v) is 1.63. The van der Waals surface area contributed by atoms with Crippen LogP contribution >= 0.6 is 0 Å². The van der Waals surface area contributed by atoms with Gasteiger partial charge in [-0.25, -0.2) is 0 Å². The summed E-state index contributed by atoms with van der Waals surface area (Å²) in [7, 11) is 2.88. The van der Waals surface area contributed by atoms with E-state index in [0.717, 1.165) is 30.0 Å². The lowest BCUT2D eigenvalue weighted by atomic mass is 10.2. The van der Waals surface area contributed by atoms with Gasteiger partial charge in [0.25, 0.3) is 0 Å². The fraction of sp³-hybridized carbons (Fsp3) is 0.273. The average Bonchev–Trinajstić information content (AvgIpc) is 2.60. The van der Waals surface area contributed by atoms with Gasteiger partial charge in [0, 0.05) is 25.7 Å². The Morgan fingerprint density at radius 3 is 2.67 bits per heavy atom. The molecule has 0 spiro atoms. The molecule has 0 bridgehead atoms. The quantitative estimate of drug-likeness (QED) is 0.715. The molecule has 0 unspecified atom stereocenters. The number of hydrogen-bond acceptors (Lipinski definition) is 3. The standard InChI is InChI=1S/C10H10N2O.CH4O/c1-7-10-8(3-4-11-7)5-9(6-13)12(10)2;1-2/h3-6H,1-2H3;2H,1H3. The minimum atomic E-state index is 0.686. The molecular formula is C11H14N2O2. The van der Waals surface area contributed by atoms with Crippen molar-refractivity contribution in [2.45, 2.75) is 6.92 Å². The van der Waals surface area contributed by atoms with Crippen LogP contribution in [0.25, 0.3) is 10.9 Å². The van der Waals surface area contributed by atoms with E-state index in [4.69, 9.17) is 5.11 Å². The van der Waals surface area contributed by atoms with Crippen molar-refractivity contribution in [1.29, 1.82) is 0 Å². The molecule has 15 heavy (non-hydrogen) atoms. The topological polar surface area (TPSA) is 55.1 Å². The van der Waals surface area contributed by atoms with Crippen molar-refractivity contribution in [2.75, 3.05) is 7.11 Å². The number of aromatic nitrogens is 2. The Bertz CT molecular complexity index is 475. The first-order chi connectivity index (χ1) is 7.24. The number of pyridine rings is 1. The molecule has 2 aromatic rings. The molecule has 80 valence electrons. The lowest BCUT2D eigenvalue weighted by Crippen LogP contribution is -1.95. The van der Waals surface area contributed by atoms with Crippen LogP contribution in [0.4, 0.5) is 0 Å². The Hall–Kier alpha value is -1.68. The van der Waals surface area contributed by atoms with Gasteiger partial charge >= 0.3 is 0 Å². The minimum Gasteiger partial charge on any atom is -0.400 e. The van der Waals surface area contributed by atoms with Crippen molar-refractivity contribution in [1.82, 2.24) is 9.55 Å². The molecule has 0 aromatic carbocycles. The molecule has 4 nitrogen and oxygen atoms in total. The van der Waals surface area contributed by atoms with Crippen LogP contribution in [0.5, 0.6) is 0 Å². The van der Waals surface area contributed by atoms with Gasteiger partial charge in [0.05, 0.1) is 16.9 Å². The Labute approximate surface area is 88.2 Å². The fourth-order valence-electron chi connectivity index (χ4n) is 1.63. The largest absolute Gasteiger partial charge is 0.400 e. The van der Waals surface area contributed by atoms with E-state index >= 15 is 0 Å². The van der Waals surface area contributed by atoms with Gasteiger partial charge in [0.1, 0.15) is 0 Å². The molecule has 0 radical (unpaired) electrons. The van der Waals surface area contributed by atoms with Crippen molar-refractivity contribution in [3.8, 4) is 0 Å². The summed E-state index contributed by atoms with van der Waals surface area (Å²) in [4.78, 5) is 14.8. The van der Waals surface area contributed by atoms with Crippen LogP contribution in [0.3, 0.4) is 0 Å². The van der Waals surface area contributed by atoms with E-state index in [0.29, 0.717) is 5.69 Å². The first kappa shape index (κ1) is 11.4. The van der Waals surface area contributed by atoms with Crippen LogP contribution in [-0.2, 0) is 7.05 Å². The van der Waals surface area contributed by atoms with Crippen LogP contribution in [0.2, 0.25) is 0 Å². The summed E-state index contributed by atoms with van der Waals surface area (Å²) in [6, 6.07) is 3.78. The van der Waals surface area contributed by atoms with E-state index in [1.165, 1.54) is 0 Å². The highest BCUT2D eigenvalue weighted by molar-refractivity contribution is 5.89. The third-order valence-electron chi connectivity index (χ3n) is 2.29. The highest BCUT2D eigenvalue weighted by Crippen LogP contribution is 2.19. The summed E-state index contributed by atoms with van der Waals surface area (Å²) in [6.45, 7) is 1.94. The van der Waals surface area contributed by atoms with Gasteiger partial charge in [-0.2, -0.15) is 0 Å². The molecule has 0 saturated heterocycles. The number of aryl methyl sites for hydroxylation is 2. The Balaban J connectivity index is 0.000000531. The van der Waals surface area contributed by atoms with Crippen molar-refractivity contribution in [3.05, 3.63) is 29.7 Å². The van der Waals surface area contributed by atoms with Crippen LogP contribution in [0.15, 0.2) is 18.3 Å². The monoisotopic (exact) mass is 206 g/mol. The molecule has 0 aliphatic carbocycles. The van der Waals surface area contributed by atoms with E-state index in [1.807, 2.05) is 30.7 Å². The Morgan fingerprint density at radius 2 is 2.13 bits per heavy atom. The SMILES string of the molecule is CO.Cc1nccc2cc(C=O)n(C)c12. The molecule has 0 atom stereocenters. The van der Waals surface area contributed by atoms with E-state index in [1.54, 1.807) is 6.20 Å². The van der Waals surface area contributed by atoms with E-state index in [9.17, 15) is 4.79 Å².